The molecule has 268 valence electrons. The Morgan fingerprint density at radius 1 is 0.393 bits per heavy atom. The van der Waals surface area contributed by atoms with Crippen LogP contribution in [0.3, 0.4) is 0 Å². The van der Waals surface area contributed by atoms with Gasteiger partial charge in [-0.05, 0) is 115 Å². The Morgan fingerprint density at radius 2 is 0.839 bits per heavy atom. The summed E-state index contributed by atoms with van der Waals surface area (Å²) in [5, 5.41) is 5.27. The number of nitrogens with one attached hydrogen (secondary N) is 2. The van der Waals surface area contributed by atoms with Crippen LogP contribution >= 0.6 is 22.7 Å². The van der Waals surface area contributed by atoms with Crippen molar-refractivity contribution in [3.05, 3.63) is 154 Å². The van der Waals surface area contributed by atoms with Gasteiger partial charge in [-0.15, -0.1) is 22.7 Å². The highest BCUT2D eigenvalue weighted by atomic mass is 32.1. The maximum atomic E-state index is 5.53. The number of aromatic amines is 2. The first-order valence-corrected chi connectivity index (χ1v) is 20.6. The maximum Gasteiger partial charge on any atom is 0.0745 e. The number of rotatable bonds is 3. The molecule has 11 rings (SSSR count). The average Bonchev–Trinajstić information content (AvgIpc) is 4.09. The molecule has 6 heteroatoms. The minimum Gasteiger partial charge on any atom is -0.355 e. The second-order valence-corrected chi connectivity index (χ2v) is 17.0. The van der Waals surface area contributed by atoms with Crippen molar-refractivity contribution < 1.29 is 0 Å². The molecule has 9 aromatic rings. The summed E-state index contributed by atoms with van der Waals surface area (Å²) in [5.41, 5.74) is 17.0. The number of benzene rings is 4. The lowest BCUT2D eigenvalue weighted by Gasteiger charge is -2.06. The van der Waals surface area contributed by atoms with Gasteiger partial charge in [-0.2, -0.15) is 0 Å². The first-order chi connectivity index (χ1) is 27.4. The highest BCUT2D eigenvalue weighted by Gasteiger charge is 2.22. The normalized spacial score (nSPS) is 12.5. The summed E-state index contributed by atoms with van der Waals surface area (Å²) in [6, 6.07) is 39.3. The van der Waals surface area contributed by atoms with E-state index < -0.39 is 0 Å². The number of hydrogen-bond donors (Lipinski definition) is 2. The zero-order valence-corrected chi connectivity index (χ0v) is 33.0. The van der Waals surface area contributed by atoms with Crippen LogP contribution in [0.25, 0.3) is 110 Å². The second-order valence-electron chi connectivity index (χ2n) is 14.8. The third-order valence-corrected chi connectivity index (χ3v) is 14.2. The van der Waals surface area contributed by atoms with Crippen LogP contribution in [0.5, 0.6) is 0 Å². The summed E-state index contributed by atoms with van der Waals surface area (Å²) in [6.07, 6.45) is 8.66. The van der Waals surface area contributed by atoms with Crippen molar-refractivity contribution >= 4 is 100.0 Å². The lowest BCUT2D eigenvalue weighted by molar-refractivity contribution is 1.27. The fourth-order valence-electron chi connectivity index (χ4n) is 8.52. The Morgan fingerprint density at radius 3 is 1.45 bits per heavy atom. The number of aromatic nitrogens is 4. The molecule has 2 aliphatic heterocycles. The summed E-state index contributed by atoms with van der Waals surface area (Å²) in [4.78, 5) is 21.1. The van der Waals surface area contributed by atoms with Gasteiger partial charge < -0.3 is 9.97 Å². The van der Waals surface area contributed by atoms with Crippen molar-refractivity contribution in [1.82, 2.24) is 19.9 Å². The van der Waals surface area contributed by atoms with Crippen LogP contribution < -0.4 is 0 Å². The van der Waals surface area contributed by atoms with Crippen molar-refractivity contribution in [1.29, 1.82) is 0 Å². The van der Waals surface area contributed by atoms with E-state index in [1.165, 1.54) is 51.8 Å². The Balaban J connectivity index is 1.29. The molecule has 56 heavy (non-hydrogen) atoms. The van der Waals surface area contributed by atoms with Crippen molar-refractivity contribution in [2.75, 3.05) is 0 Å². The van der Waals surface area contributed by atoms with Gasteiger partial charge in [0.2, 0.25) is 0 Å². The zero-order valence-electron chi connectivity index (χ0n) is 31.4. The van der Waals surface area contributed by atoms with Crippen LogP contribution in [-0.4, -0.2) is 19.9 Å². The van der Waals surface area contributed by atoms with Gasteiger partial charge in [0.15, 0.2) is 0 Å². The summed E-state index contributed by atoms with van der Waals surface area (Å²) < 4.78 is 2.68. The molecule has 0 amide bonds. The SMILES string of the molecule is Cc1sc2c(ccc3c2ccc2c(C)c(-c4c5nc(c(-c6ccccc6)c6ccc([nH]6)c(C)c6nc(c(-c7ccccc7)c7ccc4[nH]7)C=C6)C=C5)sc23)c1C. The van der Waals surface area contributed by atoms with E-state index in [2.05, 4.69) is 171 Å². The van der Waals surface area contributed by atoms with Gasteiger partial charge in [0.25, 0.3) is 0 Å². The summed E-state index contributed by atoms with van der Waals surface area (Å²) >= 11 is 3.78. The first-order valence-electron chi connectivity index (χ1n) is 19.0. The summed E-state index contributed by atoms with van der Waals surface area (Å²) in [7, 11) is 0. The maximum absolute atomic E-state index is 5.53. The molecule has 2 aliphatic rings. The second kappa shape index (κ2) is 12.6. The molecular formula is C50H36N4S2. The van der Waals surface area contributed by atoms with Crippen LogP contribution in [0.15, 0.2) is 109 Å². The molecule has 4 nitrogen and oxygen atoms in total. The molecule has 0 saturated heterocycles. The lowest BCUT2D eigenvalue weighted by atomic mass is 10.0. The molecule has 0 unspecified atom stereocenters. The Kier molecular flexibility index (Phi) is 7.43. The third kappa shape index (κ3) is 5.03. The molecular weight excluding hydrogens is 721 g/mol. The number of nitrogens with zero attached hydrogens (tertiary/aromatic N) is 2. The van der Waals surface area contributed by atoms with E-state index in [0.717, 1.165) is 78.2 Å². The van der Waals surface area contributed by atoms with Crippen molar-refractivity contribution in [2.45, 2.75) is 27.7 Å². The topological polar surface area (TPSA) is 57.4 Å². The van der Waals surface area contributed by atoms with Crippen molar-refractivity contribution in [3.8, 4) is 32.7 Å². The fraction of sp³-hybridized carbons (Fsp3) is 0.0800. The van der Waals surface area contributed by atoms with E-state index in [0.29, 0.717) is 0 Å². The number of hydrogen-bond acceptors (Lipinski definition) is 4. The van der Waals surface area contributed by atoms with Crippen LogP contribution in [-0.2, 0) is 0 Å². The highest BCUT2D eigenvalue weighted by Crippen LogP contribution is 2.47. The number of thiophene rings is 2. The first kappa shape index (κ1) is 33.0. The van der Waals surface area contributed by atoms with Crippen LogP contribution in [0, 0.1) is 27.7 Å². The van der Waals surface area contributed by atoms with Gasteiger partial charge in [-0.3, -0.25) is 0 Å². The van der Waals surface area contributed by atoms with Gasteiger partial charge in [0, 0.05) is 68.7 Å². The third-order valence-electron chi connectivity index (χ3n) is 11.6. The zero-order chi connectivity index (χ0) is 37.7. The molecule has 5 aromatic heterocycles. The van der Waals surface area contributed by atoms with E-state index in [1.807, 2.05) is 22.7 Å². The Labute approximate surface area is 332 Å². The van der Waals surface area contributed by atoms with Crippen molar-refractivity contribution in [3.63, 3.8) is 0 Å². The molecule has 0 saturated carbocycles. The van der Waals surface area contributed by atoms with Gasteiger partial charge in [-0.25, -0.2) is 9.97 Å². The molecule has 7 heterocycles. The minimum absolute atomic E-state index is 0.925. The number of fused-ring (bicyclic) bond motifs is 13. The molecule has 4 aromatic carbocycles. The Hall–Kier alpha value is -6.34. The average molecular weight is 757 g/mol. The molecule has 0 aliphatic carbocycles. The monoisotopic (exact) mass is 756 g/mol. The standard InChI is InChI=1S/C50H36N4S2/c1-27-30(4)55-49-33(27)15-17-36-35(49)18-16-34-28(2)48(56-50(34)36)47-43-25-23-41(53-43)45(31-11-7-5-8-12-31)39-21-19-37(51-39)29(3)38-20-22-40(52-38)46(32-13-9-6-10-14-32)42-24-26-44(47)54-42/h5-26,51,54H,1-4H3. The number of aryl methyl sites for hydroxylation is 4. The predicted octanol–water partition coefficient (Wildman–Crippen LogP) is 14.5. The van der Waals surface area contributed by atoms with E-state index in [4.69, 9.17) is 9.97 Å². The van der Waals surface area contributed by atoms with Crippen LogP contribution in [0.2, 0.25) is 0 Å². The Bertz CT molecular complexity index is 3300. The van der Waals surface area contributed by atoms with E-state index in [9.17, 15) is 0 Å². The van der Waals surface area contributed by atoms with Gasteiger partial charge in [0.1, 0.15) is 0 Å². The smallest absolute Gasteiger partial charge is 0.0745 e. The van der Waals surface area contributed by atoms with Crippen LogP contribution in [0.1, 0.15) is 44.3 Å². The highest BCUT2D eigenvalue weighted by molar-refractivity contribution is 7.24. The van der Waals surface area contributed by atoms with Crippen molar-refractivity contribution in [2.24, 2.45) is 0 Å². The molecule has 0 spiro atoms. The molecule has 0 radical (unpaired) electrons. The van der Waals surface area contributed by atoms with E-state index >= 15 is 0 Å². The van der Waals surface area contributed by atoms with Gasteiger partial charge >= 0.3 is 0 Å². The van der Waals surface area contributed by atoms with Gasteiger partial charge in [0.05, 0.1) is 22.8 Å². The summed E-state index contributed by atoms with van der Waals surface area (Å²) in [5.74, 6) is 0. The number of H-pyrrole nitrogens is 2. The quantitative estimate of drug-likeness (QED) is 0.189. The summed E-state index contributed by atoms with van der Waals surface area (Å²) in [6.45, 7) is 8.89. The lowest BCUT2D eigenvalue weighted by Crippen LogP contribution is -1.89. The largest absolute Gasteiger partial charge is 0.355 e. The predicted molar refractivity (Wildman–Crippen MR) is 242 cm³/mol. The molecule has 2 N–H and O–H groups in total. The van der Waals surface area contributed by atoms with Gasteiger partial charge in [-0.1, -0.05) is 84.9 Å². The fourth-order valence-corrected chi connectivity index (χ4v) is 11.1. The molecule has 0 fully saturated rings. The molecule has 0 atom stereocenters. The minimum atomic E-state index is 0.925. The van der Waals surface area contributed by atoms with E-state index in [-0.39, 0.29) is 0 Å². The van der Waals surface area contributed by atoms with E-state index in [1.54, 1.807) is 0 Å². The molecule has 8 bridgehead atoms. The van der Waals surface area contributed by atoms with Crippen LogP contribution in [0.4, 0.5) is 0 Å².